The third-order valence-electron chi connectivity index (χ3n) is 3.28. The Kier molecular flexibility index (Phi) is 4.26. The molecule has 0 bridgehead atoms. The quantitative estimate of drug-likeness (QED) is 0.666. The smallest absolute Gasteiger partial charge is 0.0496 e. The van der Waals surface area contributed by atoms with E-state index in [9.17, 15) is 0 Å². The van der Waals surface area contributed by atoms with E-state index >= 15 is 0 Å². The minimum atomic E-state index is 0.0229. The van der Waals surface area contributed by atoms with Crippen LogP contribution < -0.4 is 0 Å². The van der Waals surface area contributed by atoms with Gasteiger partial charge in [-0.2, -0.15) is 10.5 Å². The average molecular weight is 270 g/mol. The van der Waals surface area contributed by atoms with Crippen LogP contribution in [0.5, 0.6) is 0 Å². The minimum absolute atomic E-state index is 0.0229. The largest absolute Gasteiger partial charge is 0.175 e. The lowest BCUT2D eigenvalue weighted by atomic mass is 10.0. The van der Waals surface area contributed by atoms with Gasteiger partial charge in [-0.1, -0.05) is 87.3 Å². The standard InChI is InChI=1S/C18H22S/c1-18(2,3)19(4)17(15-11-7-5-8-12-15)16-13-9-6-10-14-16/h5-14,17H,4H2,1-3H3. The highest BCUT2D eigenvalue weighted by atomic mass is 32.2. The summed E-state index contributed by atoms with van der Waals surface area (Å²) in [5, 5.41) is 0.377. The fourth-order valence-electron chi connectivity index (χ4n) is 2.13. The molecule has 0 saturated carbocycles. The van der Waals surface area contributed by atoms with Gasteiger partial charge in [-0.3, -0.25) is 0 Å². The first kappa shape index (κ1) is 14.1. The summed E-state index contributed by atoms with van der Waals surface area (Å²) >= 11 is 0. The molecule has 100 valence electrons. The Morgan fingerprint density at radius 2 is 1.16 bits per heavy atom. The minimum Gasteiger partial charge on any atom is -0.175 e. The zero-order chi connectivity index (χ0) is 13.9. The van der Waals surface area contributed by atoms with Gasteiger partial charge in [0.1, 0.15) is 0 Å². The second kappa shape index (κ2) is 5.75. The Balaban J connectivity index is 2.49. The molecule has 0 saturated heterocycles. The second-order valence-corrected chi connectivity index (χ2v) is 8.30. The summed E-state index contributed by atoms with van der Waals surface area (Å²) in [7, 11) is 0.0229. The Labute approximate surface area is 119 Å². The first-order valence-corrected chi connectivity index (χ1v) is 8.08. The molecule has 0 nitrogen and oxygen atoms in total. The number of rotatable bonds is 3. The molecule has 0 fully saturated rings. The molecule has 0 aliphatic heterocycles. The van der Waals surface area contributed by atoms with Crippen molar-refractivity contribution in [1.82, 2.24) is 0 Å². The summed E-state index contributed by atoms with van der Waals surface area (Å²) in [6.45, 7) is 6.84. The van der Waals surface area contributed by atoms with E-state index in [4.69, 9.17) is 0 Å². The van der Waals surface area contributed by atoms with Gasteiger partial charge in [-0.15, -0.1) is 0 Å². The van der Waals surface area contributed by atoms with E-state index in [0.717, 1.165) is 0 Å². The summed E-state index contributed by atoms with van der Waals surface area (Å²) in [6.07, 6.45) is 0. The Hall–Kier alpha value is -1.34. The van der Waals surface area contributed by atoms with Crippen molar-refractivity contribution in [3.63, 3.8) is 0 Å². The van der Waals surface area contributed by atoms with Gasteiger partial charge in [0.15, 0.2) is 0 Å². The normalized spacial score (nSPS) is 13.5. The van der Waals surface area contributed by atoms with E-state index in [1.807, 2.05) is 0 Å². The summed E-state index contributed by atoms with van der Waals surface area (Å²) in [5.74, 6) is 4.49. The van der Waals surface area contributed by atoms with E-state index in [-0.39, 0.29) is 15.2 Å². The molecule has 1 heteroatoms. The van der Waals surface area contributed by atoms with Crippen molar-refractivity contribution in [1.29, 1.82) is 0 Å². The molecule has 1 atom stereocenters. The van der Waals surface area contributed by atoms with Gasteiger partial charge in [0.2, 0.25) is 0 Å². The maximum atomic E-state index is 4.49. The van der Waals surface area contributed by atoms with Gasteiger partial charge in [-0.25, -0.2) is 0 Å². The van der Waals surface area contributed by atoms with Gasteiger partial charge in [0.25, 0.3) is 0 Å². The van der Waals surface area contributed by atoms with Gasteiger partial charge >= 0.3 is 0 Å². The topological polar surface area (TPSA) is 0 Å². The Morgan fingerprint density at radius 1 is 0.789 bits per heavy atom. The van der Waals surface area contributed by atoms with Crippen LogP contribution in [0.15, 0.2) is 60.7 Å². The van der Waals surface area contributed by atoms with E-state index in [2.05, 4.69) is 87.3 Å². The molecule has 0 spiro atoms. The molecule has 0 aromatic heterocycles. The molecule has 0 N–H and O–H groups in total. The lowest BCUT2D eigenvalue weighted by Crippen LogP contribution is -2.15. The highest BCUT2D eigenvalue weighted by molar-refractivity contribution is 8.15. The van der Waals surface area contributed by atoms with Crippen molar-refractivity contribution in [3.05, 3.63) is 71.8 Å². The van der Waals surface area contributed by atoms with Crippen molar-refractivity contribution in [2.45, 2.75) is 30.8 Å². The van der Waals surface area contributed by atoms with E-state index in [1.54, 1.807) is 0 Å². The highest BCUT2D eigenvalue weighted by Gasteiger charge is 2.24. The van der Waals surface area contributed by atoms with Crippen LogP contribution in [0.4, 0.5) is 0 Å². The Bertz CT molecular complexity index is 495. The molecule has 2 aromatic carbocycles. The first-order valence-electron chi connectivity index (χ1n) is 6.63. The fourth-order valence-corrected chi connectivity index (χ4v) is 3.81. The van der Waals surface area contributed by atoms with Crippen molar-refractivity contribution in [2.75, 3.05) is 0 Å². The third-order valence-corrected chi connectivity index (χ3v) is 5.96. The number of hydrogen-bond acceptors (Lipinski definition) is 0. The maximum absolute atomic E-state index is 4.49. The summed E-state index contributed by atoms with van der Waals surface area (Å²) in [5.41, 5.74) is 2.73. The SMILES string of the molecule is C=S(C(c1ccccc1)c1ccccc1)C(C)(C)C. The van der Waals surface area contributed by atoms with Crippen LogP contribution in [-0.4, -0.2) is 10.6 Å². The average Bonchev–Trinajstić information content (AvgIpc) is 2.40. The van der Waals surface area contributed by atoms with Crippen LogP contribution in [0.3, 0.4) is 0 Å². The van der Waals surface area contributed by atoms with E-state index in [0.29, 0.717) is 5.25 Å². The lowest BCUT2D eigenvalue weighted by Gasteiger charge is -2.32. The van der Waals surface area contributed by atoms with Gasteiger partial charge in [0.05, 0.1) is 0 Å². The monoisotopic (exact) mass is 270 g/mol. The summed E-state index contributed by atoms with van der Waals surface area (Å²) in [4.78, 5) is 0. The van der Waals surface area contributed by atoms with Crippen molar-refractivity contribution >= 4 is 16.4 Å². The molecule has 2 aromatic rings. The molecule has 0 amide bonds. The maximum Gasteiger partial charge on any atom is 0.0496 e. The van der Waals surface area contributed by atoms with Crippen LogP contribution in [0, 0.1) is 0 Å². The molecule has 2 rings (SSSR count). The van der Waals surface area contributed by atoms with E-state index in [1.165, 1.54) is 11.1 Å². The van der Waals surface area contributed by atoms with Gasteiger partial charge in [0, 0.05) is 10.00 Å². The van der Waals surface area contributed by atoms with Crippen LogP contribution >= 0.6 is 10.5 Å². The summed E-state index contributed by atoms with van der Waals surface area (Å²) in [6, 6.07) is 21.5. The van der Waals surface area contributed by atoms with Crippen molar-refractivity contribution < 1.29 is 0 Å². The molecular weight excluding hydrogens is 248 g/mol. The number of hydrogen-bond donors (Lipinski definition) is 0. The molecule has 0 aliphatic rings. The van der Waals surface area contributed by atoms with Crippen LogP contribution in [0.25, 0.3) is 0 Å². The second-order valence-electron chi connectivity index (χ2n) is 5.74. The third kappa shape index (κ3) is 3.36. The van der Waals surface area contributed by atoms with Crippen LogP contribution in [0.2, 0.25) is 0 Å². The van der Waals surface area contributed by atoms with Crippen molar-refractivity contribution in [2.24, 2.45) is 0 Å². The molecule has 0 heterocycles. The highest BCUT2D eigenvalue weighted by Crippen LogP contribution is 2.47. The number of benzene rings is 2. The molecule has 1 unspecified atom stereocenters. The Morgan fingerprint density at radius 3 is 1.47 bits per heavy atom. The zero-order valence-corrected chi connectivity index (χ0v) is 12.8. The molecule has 0 aliphatic carbocycles. The van der Waals surface area contributed by atoms with Gasteiger partial charge < -0.3 is 0 Å². The predicted octanol–water partition coefficient (Wildman–Crippen LogP) is 5.28. The molecule has 19 heavy (non-hydrogen) atoms. The summed E-state index contributed by atoms with van der Waals surface area (Å²) < 4.78 is 0.205. The van der Waals surface area contributed by atoms with E-state index < -0.39 is 0 Å². The lowest BCUT2D eigenvalue weighted by molar-refractivity contribution is 0.795. The van der Waals surface area contributed by atoms with Gasteiger partial charge in [-0.05, 0) is 11.1 Å². The first-order chi connectivity index (χ1) is 9.00. The predicted molar refractivity (Wildman–Crippen MR) is 89.2 cm³/mol. The van der Waals surface area contributed by atoms with Crippen LogP contribution in [-0.2, 0) is 0 Å². The molecular formula is C18H22S. The van der Waals surface area contributed by atoms with Crippen LogP contribution in [0.1, 0.15) is 37.1 Å². The van der Waals surface area contributed by atoms with Crippen molar-refractivity contribution in [3.8, 4) is 0 Å². The zero-order valence-electron chi connectivity index (χ0n) is 12.0. The molecule has 0 radical (unpaired) electrons. The fraction of sp³-hybridized carbons (Fsp3) is 0.278.